The van der Waals surface area contributed by atoms with Crippen LogP contribution in [0.15, 0.2) is 0 Å². The zero-order chi connectivity index (χ0) is 10.5. The number of hydrogen-bond donors (Lipinski definition) is 0. The third-order valence-electron chi connectivity index (χ3n) is 1.62. The Kier molecular flexibility index (Phi) is 18.5. The van der Waals surface area contributed by atoms with Gasteiger partial charge in [-0.1, -0.05) is 20.8 Å². The van der Waals surface area contributed by atoms with Gasteiger partial charge in [-0.05, 0) is 38.9 Å². The molecule has 0 saturated heterocycles. The molecule has 0 spiro atoms. The molecule has 0 aromatic heterocycles. The number of alkyl halides is 2. The molecule has 0 bridgehead atoms. The van der Waals surface area contributed by atoms with Crippen molar-refractivity contribution in [3.05, 3.63) is 0 Å². The molecule has 3 heteroatoms. The van der Waals surface area contributed by atoms with Gasteiger partial charge in [-0.3, -0.25) is 0 Å². The summed E-state index contributed by atoms with van der Waals surface area (Å²) in [5, 5.41) is 0.194. The molecular formula is C10H23Cl2N. The second kappa shape index (κ2) is 15.0. The zero-order valence-electron chi connectivity index (χ0n) is 9.15. The van der Waals surface area contributed by atoms with E-state index in [0.717, 1.165) is 0 Å². The first-order chi connectivity index (χ1) is 6.26. The largest absolute Gasteiger partial charge is 0.303 e. The van der Waals surface area contributed by atoms with E-state index in [1.165, 1.54) is 38.9 Å². The lowest BCUT2D eigenvalue weighted by Crippen LogP contribution is -2.25. The van der Waals surface area contributed by atoms with E-state index in [1.54, 1.807) is 0 Å². The van der Waals surface area contributed by atoms with E-state index < -0.39 is 0 Å². The summed E-state index contributed by atoms with van der Waals surface area (Å²) in [5.41, 5.74) is 0. The zero-order valence-corrected chi connectivity index (χ0v) is 10.7. The number of rotatable bonds is 6. The van der Waals surface area contributed by atoms with Crippen LogP contribution in [-0.4, -0.2) is 29.9 Å². The lowest BCUT2D eigenvalue weighted by molar-refractivity contribution is 0.275. The summed E-state index contributed by atoms with van der Waals surface area (Å²) in [6, 6.07) is 0. The third-order valence-corrected chi connectivity index (χ3v) is 1.62. The van der Waals surface area contributed by atoms with Crippen LogP contribution in [0, 0.1) is 0 Å². The molecule has 0 rings (SSSR count). The van der Waals surface area contributed by atoms with Gasteiger partial charge in [0.05, 0.1) is 5.34 Å². The molecule has 13 heavy (non-hydrogen) atoms. The first-order valence-electron chi connectivity index (χ1n) is 5.10. The minimum Gasteiger partial charge on any atom is -0.303 e. The second-order valence-corrected chi connectivity index (χ2v) is 3.75. The van der Waals surface area contributed by atoms with Gasteiger partial charge in [0.25, 0.3) is 0 Å². The van der Waals surface area contributed by atoms with Crippen molar-refractivity contribution in [1.82, 2.24) is 4.90 Å². The van der Waals surface area contributed by atoms with Gasteiger partial charge in [-0.2, -0.15) is 0 Å². The number of hydrogen-bond acceptors (Lipinski definition) is 1. The van der Waals surface area contributed by atoms with Gasteiger partial charge >= 0.3 is 0 Å². The van der Waals surface area contributed by atoms with Crippen LogP contribution in [0.25, 0.3) is 0 Å². The van der Waals surface area contributed by atoms with Crippen LogP contribution in [0.2, 0.25) is 0 Å². The molecule has 0 N–H and O–H groups in total. The highest BCUT2D eigenvalue weighted by Crippen LogP contribution is 1.94. The number of halogens is 2. The van der Waals surface area contributed by atoms with Gasteiger partial charge < -0.3 is 4.90 Å². The minimum atomic E-state index is 0.194. The van der Waals surface area contributed by atoms with Crippen LogP contribution in [0.4, 0.5) is 0 Å². The van der Waals surface area contributed by atoms with Crippen molar-refractivity contribution in [2.45, 2.75) is 40.0 Å². The van der Waals surface area contributed by atoms with Crippen LogP contribution in [-0.2, 0) is 0 Å². The van der Waals surface area contributed by atoms with Crippen molar-refractivity contribution < 1.29 is 0 Å². The van der Waals surface area contributed by atoms with Gasteiger partial charge in [-0.15, -0.1) is 23.2 Å². The third kappa shape index (κ3) is 15.3. The number of nitrogens with zero attached hydrogens (tertiary/aromatic N) is 1. The maximum Gasteiger partial charge on any atom is 0.0967 e. The molecule has 0 fully saturated rings. The van der Waals surface area contributed by atoms with Crippen molar-refractivity contribution in [1.29, 1.82) is 0 Å². The molecule has 0 atom stereocenters. The molecule has 0 saturated carbocycles. The Balaban J connectivity index is 0. The standard InChI is InChI=1S/C9H21N.CH2Cl2/c1-4-7-10(8-5-2)9-6-3;2-1-3/h4-9H2,1-3H3;1H2. The van der Waals surface area contributed by atoms with Gasteiger partial charge in [0, 0.05) is 0 Å². The Morgan fingerprint density at radius 2 is 1.00 bits per heavy atom. The Morgan fingerprint density at radius 3 is 1.15 bits per heavy atom. The van der Waals surface area contributed by atoms with Crippen molar-refractivity contribution in [2.75, 3.05) is 25.0 Å². The monoisotopic (exact) mass is 227 g/mol. The molecule has 0 aliphatic rings. The molecule has 0 unspecified atom stereocenters. The maximum atomic E-state index is 4.76. The normalized spacial score (nSPS) is 9.69. The SMILES string of the molecule is CCCN(CCC)CCC.ClCCl. The average Bonchev–Trinajstić information content (AvgIpc) is 2.07. The summed E-state index contributed by atoms with van der Waals surface area (Å²) in [6.45, 7) is 10.6. The van der Waals surface area contributed by atoms with Gasteiger partial charge in [0.1, 0.15) is 0 Å². The van der Waals surface area contributed by atoms with Crippen LogP contribution >= 0.6 is 23.2 Å². The molecule has 82 valence electrons. The molecule has 0 amide bonds. The molecule has 1 nitrogen and oxygen atoms in total. The van der Waals surface area contributed by atoms with E-state index in [1.807, 2.05) is 0 Å². The van der Waals surface area contributed by atoms with Crippen LogP contribution < -0.4 is 0 Å². The molecule has 0 aliphatic heterocycles. The van der Waals surface area contributed by atoms with Crippen molar-refractivity contribution in [3.8, 4) is 0 Å². The fourth-order valence-corrected chi connectivity index (χ4v) is 1.28. The molecule has 0 radical (unpaired) electrons. The Labute approximate surface area is 93.4 Å². The lowest BCUT2D eigenvalue weighted by atomic mass is 10.3. The molecule has 0 aromatic rings. The van der Waals surface area contributed by atoms with Crippen LogP contribution in [0.3, 0.4) is 0 Å². The second-order valence-electron chi connectivity index (χ2n) is 2.94. The van der Waals surface area contributed by atoms with Crippen LogP contribution in [0.5, 0.6) is 0 Å². The smallest absolute Gasteiger partial charge is 0.0967 e. The lowest BCUT2D eigenvalue weighted by Gasteiger charge is -2.19. The van der Waals surface area contributed by atoms with Crippen molar-refractivity contribution in [3.63, 3.8) is 0 Å². The summed E-state index contributed by atoms with van der Waals surface area (Å²) >= 11 is 9.53. The summed E-state index contributed by atoms with van der Waals surface area (Å²) in [7, 11) is 0. The van der Waals surface area contributed by atoms with E-state index in [2.05, 4.69) is 25.7 Å². The highest BCUT2D eigenvalue weighted by Gasteiger charge is 1.98. The van der Waals surface area contributed by atoms with Crippen LogP contribution in [0.1, 0.15) is 40.0 Å². The van der Waals surface area contributed by atoms with E-state index >= 15 is 0 Å². The molecular weight excluding hydrogens is 205 g/mol. The quantitative estimate of drug-likeness (QED) is 0.622. The predicted molar refractivity (Wildman–Crippen MR) is 63.9 cm³/mol. The summed E-state index contributed by atoms with van der Waals surface area (Å²) < 4.78 is 0. The summed E-state index contributed by atoms with van der Waals surface area (Å²) in [5.74, 6) is 0. The first-order valence-corrected chi connectivity index (χ1v) is 6.17. The molecule has 0 aliphatic carbocycles. The highest BCUT2D eigenvalue weighted by atomic mass is 35.5. The van der Waals surface area contributed by atoms with Gasteiger partial charge in [0.2, 0.25) is 0 Å². The van der Waals surface area contributed by atoms with Crippen molar-refractivity contribution in [2.24, 2.45) is 0 Å². The fraction of sp³-hybridized carbons (Fsp3) is 1.00. The Bertz CT molecular complexity index is 65.1. The summed E-state index contributed by atoms with van der Waals surface area (Å²) in [4.78, 5) is 2.54. The topological polar surface area (TPSA) is 3.24 Å². The van der Waals surface area contributed by atoms with Crippen molar-refractivity contribution >= 4 is 23.2 Å². The molecule has 0 heterocycles. The van der Waals surface area contributed by atoms with Gasteiger partial charge in [0.15, 0.2) is 0 Å². The van der Waals surface area contributed by atoms with Gasteiger partial charge in [-0.25, -0.2) is 0 Å². The molecule has 0 aromatic carbocycles. The Hall–Kier alpha value is 0.540. The minimum absolute atomic E-state index is 0.194. The van der Waals surface area contributed by atoms with E-state index in [4.69, 9.17) is 23.2 Å². The first kappa shape index (κ1) is 16.0. The highest BCUT2D eigenvalue weighted by molar-refractivity contribution is 6.40. The summed E-state index contributed by atoms with van der Waals surface area (Å²) in [6.07, 6.45) is 3.88. The predicted octanol–water partition coefficient (Wildman–Crippen LogP) is 3.94. The Morgan fingerprint density at radius 1 is 0.769 bits per heavy atom. The fourth-order valence-electron chi connectivity index (χ4n) is 1.28. The average molecular weight is 228 g/mol. The van der Waals surface area contributed by atoms with E-state index in [-0.39, 0.29) is 5.34 Å². The maximum absolute atomic E-state index is 4.76. The van der Waals surface area contributed by atoms with E-state index in [0.29, 0.717) is 0 Å². The van der Waals surface area contributed by atoms with E-state index in [9.17, 15) is 0 Å².